The Morgan fingerprint density at radius 3 is 2.75 bits per heavy atom. The number of nitrogens with zero attached hydrogens (tertiary/aromatic N) is 2. The van der Waals surface area contributed by atoms with Gasteiger partial charge in [0.1, 0.15) is 4.90 Å². The predicted molar refractivity (Wildman–Crippen MR) is 74.3 cm³/mol. The van der Waals surface area contributed by atoms with Crippen LogP contribution in [0.3, 0.4) is 0 Å². The smallest absolute Gasteiger partial charge is 0.270 e. The molecule has 1 unspecified atom stereocenters. The summed E-state index contributed by atoms with van der Waals surface area (Å²) in [5, 5.41) is 10.7. The fourth-order valence-electron chi connectivity index (χ4n) is 2.13. The molecule has 0 amide bonds. The number of hydrogen-bond acceptors (Lipinski definition) is 5. The second kappa shape index (κ2) is 5.65. The molecule has 0 saturated carbocycles. The highest BCUT2D eigenvalue weighted by molar-refractivity contribution is 7.89. The van der Waals surface area contributed by atoms with Gasteiger partial charge in [0.25, 0.3) is 5.69 Å². The van der Waals surface area contributed by atoms with Crippen molar-refractivity contribution in [3.05, 3.63) is 33.3 Å². The second-order valence-electron chi connectivity index (χ2n) is 4.74. The van der Waals surface area contributed by atoms with Crippen molar-refractivity contribution < 1.29 is 13.3 Å². The summed E-state index contributed by atoms with van der Waals surface area (Å²) < 4.78 is 27.0. The van der Waals surface area contributed by atoms with E-state index in [-0.39, 0.29) is 21.6 Å². The van der Waals surface area contributed by atoms with E-state index < -0.39 is 14.9 Å². The maximum Gasteiger partial charge on any atom is 0.270 e. The summed E-state index contributed by atoms with van der Waals surface area (Å²) in [6.07, 6.45) is 0.697. The highest BCUT2D eigenvalue weighted by atomic mass is 35.5. The minimum atomic E-state index is -3.87. The van der Waals surface area contributed by atoms with Crippen LogP contribution >= 0.6 is 11.6 Å². The number of nitrogens with one attached hydrogen (secondary N) is 1. The number of benzene rings is 1. The fraction of sp³-hybridized carbons (Fsp3) is 0.455. The largest absolute Gasteiger partial charge is 0.305 e. The van der Waals surface area contributed by atoms with Crippen molar-refractivity contribution in [3.8, 4) is 0 Å². The SMILES string of the molecule is CN1CCC(NS(=O)(=O)c2cc([N+](=O)[O-])ccc2Cl)C1. The van der Waals surface area contributed by atoms with Gasteiger partial charge in [0, 0.05) is 24.7 Å². The lowest BCUT2D eigenvalue weighted by molar-refractivity contribution is -0.385. The normalized spacial score (nSPS) is 20.2. The quantitative estimate of drug-likeness (QED) is 0.665. The zero-order valence-corrected chi connectivity index (χ0v) is 12.3. The summed E-state index contributed by atoms with van der Waals surface area (Å²) in [4.78, 5) is 11.8. The minimum Gasteiger partial charge on any atom is -0.305 e. The third-order valence-corrected chi connectivity index (χ3v) is 5.13. The van der Waals surface area contributed by atoms with Crippen LogP contribution in [0.4, 0.5) is 5.69 Å². The van der Waals surface area contributed by atoms with Gasteiger partial charge in [-0.2, -0.15) is 0 Å². The van der Waals surface area contributed by atoms with E-state index in [9.17, 15) is 18.5 Å². The first-order valence-electron chi connectivity index (χ1n) is 5.94. The first-order valence-corrected chi connectivity index (χ1v) is 7.80. The number of hydrogen-bond donors (Lipinski definition) is 1. The Balaban J connectivity index is 2.29. The molecule has 1 fully saturated rings. The molecule has 1 aliphatic rings. The lowest BCUT2D eigenvalue weighted by Crippen LogP contribution is -2.36. The summed E-state index contributed by atoms with van der Waals surface area (Å²) in [5.41, 5.74) is -0.307. The molecule has 9 heteroatoms. The molecule has 7 nitrogen and oxygen atoms in total. The van der Waals surface area contributed by atoms with E-state index in [2.05, 4.69) is 4.72 Å². The third-order valence-electron chi connectivity index (χ3n) is 3.13. The number of likely N-dealkylation sites (tertiary alicyclic amines) is 1. The molecule has 0 radical (unpaired) electrons. The van der Waals surface area contributed by atoms with Gasteiger partial charge in [-0.15, -0.1) is 0 Å². The highest BCUT2D eigenvalue weighted by Gasteiger charge is 2.28. The van der Waals surface area contributed by atoms with Crippen LogP contribution in [0.5, 0.6) is 0 Å². The Labute approximate surface area is 121 Å². The molecule has 0 aromatic heterocycles. The van der Waals surface area contributed by atoms with Gasteiger partial charge in [0.15, 0.2) is 0 Å². The number of halogens is 1. The maximum absolute atomic E-state index is 12.3. The number of nitro benzene ring substituents is 1. The van der Waals surface area contributed by atoms with Gasteiger partial charge >= 0.3 is 0 Å². The molecule has 1 aliphatic heterocycles. The number of rotatable bonds is 4. The Morgan fingerprint density at radius 2 is 2.20 bits per heavy atom. The van der Waals surface area contributed by atoms with E-state index in [0.717, 1.165) is 12.6 Å². The van der Waals surface area contributed by atoms with Crippen LogP contribution in [0.25, 0.3) is 0 Å². The lowest BCUT2D eigenvalue weighted by atomic mass is 10.3. The van der Waals surface area contributed by atoms with Gasteiger partial charge in [0.2, 0.25) is 10.0 Å². The lowest BCUT2D eigenvalue weighted by Gasteiger charge is -2.14. The molecule has 0 spiro atoms. The van der Waals surface area contributed by atoms with Crippen LogP contribution in [0.1, 0.15) is 6.42 Å². The van der Waals surface area contributed by atoms with E-state index >= 15 is 0 Å². The molecule has 1 saturated heterocycles. The minimum absolute atomic E-state index is 0.0329. The first kappa shape index (κ1) is 15.2. The summed E-state index contributed by atoms with van der Waals surface area (Å²) in [7, 11) is -1.97. The molecule has 0 aliphatic carbocycles. The van der Waals surface area contributed by atoms with E-state index in [1.54, 1.807) is 0 Å². The molecule has 0 bridgehead atoms. The van der Waals surface area contributed by atoms with Crippen molar-refractivity contribution in [2.45, 2.75) is 17.4 Å². The fourth-order valence-corrected chi connectivity index (χ4v) is 3.91. The van der Waals surface area contributed by atoms with E-state index in [4.69, 9.17) is 11.6 Å². The molecule has 1 aromatic rings. The molecule has 110 valence electrons. The zero-order valence-electron chi connectivity index (χ0n) is 10.7. The molecular formula is C11H14ClN3O4S. The van der Waals surface area contributed by atoms with Gasteiger partial charge in [-0.05, 0) is 26.1 Å². The maximum atomic E-state index is 12.3. The van der Waals surface area contributed by atoms with Crippen LogP contribution in [0.2, 0.25) is 5.02 Å². The van der Waals surface area contributed by atoms with Crippen LogP contribution in [-0.2, 0) is 10.0 Å². The van der Waals surface area contributed by atoms with Crippen LogP contribution < -0.4 is 4.72 Å². The van der Waals surface area contributed by atoms with Crippen molar-refractivity contribution in [3.63, 3.8) is 0 Å². The van der Waals surface area contributed by atoms with E-state index in [0.29, 0.717) is 13.0 Å². The van der Waals surface area contributed by atoms with Gasteiger partial charge in [-0.3, -0.25) is 10.1 Å². The van der Waals surface area contributed by atoms with E-state index in [1.807, 2.05) is 11.9 Å². The second-order valence-corrected chi connectivity index (χ2v) is 6.83. The van der Waals surface area contributed by atoms with Crippen molar-refractivity contribution >= 4 is 27.3 Å². The Bertz CT molecular complexity index is 635. The predicted octanol–water partition coefficient (Wildman–Crippen LogP) is 1.23. The molecule has 1 atom stereocenters. The van der Waals surface area contributed by atoms with Crippen molar-refractivity contribution in [1.29, 1.82) is 0 Å². The average molecular weight is 320 g/mol. The van der Waals surface area contributed by atoms with Gasteiger partial charge < -0.3 is 4.90 Å². The van der Waals surface area contributed by atoms with Gasteiger partial charge in [-0.1, -0.05) is 11.6 Å². The number of sulfonamides is 1. The monoisotopic (exact) mass is 319 g/mol. The number of nitro groups is 1. The standard InChI is InChI=1S/C11H14ClN3O4S/c1-14-5-4-8(7-14)13-20(18,19)11-6-9(15(16)17)2-3-10(11)12/h2-3,6,8,13H,4-5,7H2,1H3. The molecule has 1 N–H and O–H groups in total. The number of likely N-dealkylation sites (N-methyl/N-ethyl adjacent to an activating group) is 1. The Morgan fingerprint density at radius 1 is 1.50 bits per heavy atom. The molecule has 20 heavy (non-hydrogen) atoms. The Hall–Kier alpha value is -1.22. The van der Waals surface area contributed by atoms with Crippen LogP contribution in [0.15, 0.2) is 23.1 Å². The van der Waals surface area contributed by atoms with Gasteiger partial charge in [-0.25, -0.2) is 13.1 Å². The molecule has 1 heterocycles. The summed E-state index contributed by atoms with van der Waals surface area (Å²) in [6, 6.07) is 3.16. The molecule has 2 rings (SSSR count). The average Bonchev–Trinajstić information content (AvgIpc) is 2.73. The Kier molecular flexibility index (Phi) is 4.28. The molecule has 1 aromatic carbocycles. The topological polar surface area (TPSA) is 92.6 Å². The molecular weight excluding hydrogens is 306 g/mol. The van der Waals surface area contributed by atoms with Crippen molar-refractivity contribution in [2.75, 3.05) is 20.1 Å². The zero-order chi connectivity index (χ0) is 14.9. The van der Waals surface area contributed by atoms with Crippen molar-refractivity contribution in [2.24, 2.45) is 0 Å². The van der Waals surface area contributed by atoms with Crippen molar-refractivity contribution in [1.82, 2.24) is 9.62 Å². The first-order chi connectivity index (χ1) is 9.29. The summed E-state index contributed by atoms with van der Waals surface area (Å²) >= 11 is 5.85. The van der Waals surface area contributed by atoms with E-state index in [1.165, 1.54) is 12.1 Å². The summed E-state index contributed by atoms with van der Waals surface area (Å²) in [6.45, 7) is 1.40. The third kappa shape index (κ3) is 3.26. The summed E-state index contributed by atoms with van der Waals surface area (Å²) in [5.74, 6) is 0. The van der Waals surface area contributed by atoms with Crippen LogP contribution in [0, 0.1) is 10.1 Å². The van der Waals surface area contributed by atoms with Crippen LogP contribution in [-0.4, -0.2) is 44.4 Å². The number of non-ortho nitro benzene ring substituents is 1. The highest BCUT2D eigenvalue weighted by Crippen LogP contribution is 2.26. The van der Waals surface area contributed by atoms with Gasteiger partial charge in [0.05, 0.1) is 9.95 Å².